The first-order valence-electron chi connectivity index (χ1n) is 8.35. The lowest BCUT2D eigenvalue weighted by molar-refractivity contribution is 0.102. The lowest BCUT2D eigenvalue weighted by Crippen LogP contribution is -2.14. The standard InChI is InChI=1S/C22H17BrN2O/c1-25-19-13-12-17(23)14-18(19)20(15-8-4-2-5-9-15)21(25)24-22(26)16-10-6-3-7-11-16/h2-14H,1H3,(H,24,26). The van der Waals surface area contributed by atoms with Crippen molar-refractivity contribution in [3.63, 3.8) is 0 Å². The van der Waals surface area contributed by atoms with E-state index in [-0.39, 0.29) is 5.91 Å². The molecule has 0 aliphatic heterocycles. The van der Waals surface area contributed by atoms with Crippen molar-refractivity contribution in [2.24, 2.45) is 7.05 Å². The predicted octanol–water partition coefficient (Wildman–Crippen LogP) is 5.86. The van der Waals surface area contributed by atoms with E-state index in [1.807, 2.05) is 66.2 Å². The summed E-state index contributed by atoms with van der Waals surface area (Å²) in [7, 11) is 1.98. The summed E-state index contributed by atoms with van der Waals surface area (Å²) >= 11 is 3.56. The second-order valence-corrected chi connectivity index (χ2v) is 7.05. The average Bonchev–Trinajstić information content (AvgIpc) is 2.94. The van der Waals surface area contributed by atoms with Crippen molar-refractivity contribution in [1.29, 1.82) is 0 Å². The van der Waals surface area contributed by atoms with Crippen LogP contribution in [-0.4, -0.2) is 10.5 Å². The van der Waals surface area contributed by atoms with Gasteiger partial charge in [0, 0.05) is 28.0 Å². The van der Waals surface area contributed by atoms with E-state index in [0.717, 1.165) is 32.3 Å². The van der Waals surface area contributed by atoms with Crippen LogP contribution in [0.4, 0.5) is 5.82 Å². The van der Waals surface area contributed by atoms with Gasteiger partial charge >= 0.3 is 0 Å². The Balaban J connectivity index is 1.91. The number of benzene rings is 3. The van der Waals surface area contributed by atoms with Gasteiger partial charge in [-0.1, -0.05) is 64.5 Å². The summed E-state index contributed by atoms with van der Waals surface area (Å²) < 4.78 is 3.04. The minimum atomic E-state index is -0.118. The van der Waals surface area contributed by atoms with Gasteiger partial charge in [0.25, 0.3) is 5.91 Å². The molecule has 4 heteroatoms. The molecule has 0 radical (unpaired) electrons. The van der Waals surface area contributed by atoms with Crippen molar-refractivity contribution in [2.45, 2.75) is 0 Å². The molecule has 0 spiro atoms. The molecule has 0 aliphatic rings. The summed E-state index contributed by atoms with van der Waals surface area (Å²) in [5, 5.41) is 4.21. The summed E-state index contributed by atoms with van der Waals surface area (Å²) in [6, 6.07) is 25.6. The Hall–Kier alpha value is -2.85. The highest BCUT2D eigenvalue weighted by Gasteiger charge is 2.19. The number of nitrogens with one attached hydrogen (secondary N) is 1. The number of anilines is 1. The molecule has 26 heavy (non-hydrogen) atoms. The lowest BCUT2D eigenvalue weighted by Gasteiger charge is -2.10. The highest BCUT2D eigenvalue weighted by atomic mass is 79.9. The number of amides is 1. The van der Waals surface area contributed by atoms with Crippen LogP contribution in [0.2, 0.25) is 0 Å². The van der Waals surface area contributed by atoms with Crippen LogP contribution in [0.15, 0.2) is 83.3 Å². The first-order valence-corrected chi connectivity index (χ1v) is 9.14. The molecular formula is C22H17BrN2O. The van der Waals surface area contributed by atoms with E-state index in [1.165, 1.54) is 0 Å². The minimum absolute atomic E-state index is 0.118. The van der Waals surface area contributed by atoms with Crippen LogP contribution in [0.1, 0.15) is 10.4 Å². The Morgan fingerprint density at radius 3 is 2.27 bits per heavy atom. The zero-order chi connectivity index (χ0) is 18.1. The van der Waals surface area contributed by atoms with Crippen molar-refractivity contribution < 1.29 is 4.79 Å². The fraction of sp³-hybridized carbons (Fsp3) is 0.0455. The van der Waals surface area contributed by atoms with E-state index in [0.29, 0.717) is 5.56 Å². The third-order valence-electron chi connectivity index (χ3n) is 4.49. The minimum Gasteiger partial charge on any atom is -0.330 e. The second-order valence-electron chi connectivity index (χ2n) is 6.13. The van der Waals surface area contributed by atoms with Gasteiger partial charge in [-0.15, -0.1) is 0 Å². The van der Waals surface area contributed by atoms with Crippen LogP contribution in [0.25, 0.3) is 22.0 Å². The highest BCUT2D eigenvalue weighted by Crippen LogP contribution is 2.39. The molecule has 0 unspecified atom stereocenters. The van der Waals surface area contributed by atoms with Crippen LogP contribution in [0, 0.1) is 0 Å². The van der Waals surface area contributed by atoms with Gasteiger partial charge in [0.1, 0.15) is 5.82 Å². The molecule has 4 aromatic rings. The van der Waals surface area contributed by atoms with Crippen molar-refractivity contribution in [3.05, 3.63) is 88.9 Å². The number of hydrogen-bond acceptors (Lipinski definition) is 1. The molecule has 0 saturated carbocycles. The largest absolute Gasteiger partial charge is 0.330 e. The molecule has 1 amide bonds. The third-order valence-corrected chi connectivity index (χ3v) is 4.99. The Morgan fingerprint density at radius 1 is 0.923 bits per heavy atom. The highest BCUT2D eigenvalue weighted by molar-refractivity contribution is 9.10. The van der Waals surface area contributed by atoms with Gasteiger partial charge in [-0.25, -0.2) is 0 Å². The van der Waals surface area contributed by atoms with E-state index in [1.54, 1.807) is 0 Å². The van der Waals surface area contributed by atoms with Crippen molar-refractivity contribution in [1.82, 2.24) is 4.57 Å². The molecule has 0 fully saturated rings. The monoisotopic (exact) mass is 404 g/mol. The molecule has 3 aromatic carbocycles. The van der Waals surface area contributed by atoms with Crippen LogP contribution in [0.3, 0.4) is 0 Å². The summed E-state index contributed by atoms with van der Waals surface area (Å²) in [4.78, 5) is 12.8. The number of aromatic nitrogens is 1. The van der Waals surface area contributed by atoms with Crippen LogP contribution in [-0.2, 0) is 7.05 Å². The van der Waals surface area contributed by atoms with Gasteiger partial charge in [0.05, 0.1) is 5.52 Å². The fourth-order valence-corrected chi connectivity index (χ4v) is 3.59. The molecule has 0 aliphatic carbocycles. The summed E-state index contributed by atoms with van der Waals surface area (Å²) in [5.74, 6) is 0.672. The molecule has 3 nitrogen and oxygen atoms in total. The number of rotatable bonds is 3. The van der Waals surface area contributed by atoms with Gasteiger partial charge in [0.2, 0.25) is 0 Å². The maximum atomic E-state index is 12.8. The normalized spacial score (nSPS) is 10.8. The van der Waals surface area contributed by atoms with Crippen LogP contribution < -0.4 is 5.32 Å². The molecule has 4 rings (SSSR count). The molecule has 128 valence electrons. The molecule has 0 saturated heterocycles. The Morgan fingerprint density at radius 2 is 1.58 bits per heavy atom. The van der Waals surface area contributed by atoms with Gasteiger partial charge in [-0.2, -0.15) is 0 Å². The van der Waals surface area contributed by atoms with E-state index >= 15 is 0 Å². The number of nitrogens with zero attached hydrogens (tertiary/aromatic N) is 1. The Labute approximate surface area is 160 Å². The maximum Gasteiger partial charge on any atom is 0.256 e. The van der Waals surface area contributed by atoms with E-state index < -0.39 is 0 Å². The van der Waals surface area contributed by atoms with E-state index in [9.17, 15) is 4.79 Å². The Kier molecular flexibility index (Phi) is 4.35. The Bertz CT molecular complexity index is 1090. The number of fused-ring (bicyclic) bond motifs is 1. The van der Waals surface area contributed by atoms with Gasteiger partial charge in [-0.3, -0.25) is 4.79 Å². The smallest absolute Gasteiger partial charge is 0.256 e. The number of halogens is 1. The molecule has 1 heterocycles. The first-order chi connectivity index (χ1) is 12.6. The van der Waals surface area contributed by atoms with Gasteiger partial charge < -0.3 is 9.88 Å². The van der Waals surface area contributed by atoms with Crippen molar-refractivity contribution >= 4 is 38.6 Å². The van der Waals surface area contributed by atoms with Crippen molar-refractivity contribution in [3.8, 4) is 11.1 Å². The quantitative estimate of drug-likeness (QED) is 0.455. The lowest BCUT2D eigenvalue weighted by atomic mass is 10.0. The number of carbonyl (C=O) groups excluding carboxylic acids is 1. The SMILES string of the molecule is Cn1c(NC(=O)c2ccccc2)c(-c2ccccc2)c2cc(Br)ccc21. The molecular weight excluding hydrogens is 388 g/mol. The molecule has 1 aromatic heterocycles. The summed E-state index contributed by atoms with van der Waals surface area (Å²) in [6.07, 6.45) is 0. The number of carbonyl (C=O) groups is 1. The zero-order valence-electron chi connectivity index (χ0n) is 14.2. The zero-order valence-corrected chi connectivity index (χ0v) is 15.8. The van der Waals surface area contributed by atoms with Gasteiger partial charge in [0.15, 0.2) is 0 Å². The third kappa shape index (κ3) is 2.93. The molecule has 1 N–H and O–H groups in total. The van der Waals surface area contributed by atoms with Crippen LogP contribution in [0.5, 0.6) is 0 Å². The van der Waals surface area contributed by atoms with Crippen LogP contribution >= 0.6 is 15.9 Å². The topological polar surface area (TPSA) is 34.0 Å². The summed E-state index contributed by atoms with van der Waals surface area (Å²) in [5.41, 5.74) is 3.79. The molecule has 0 atom stereocenters. The fourth-order valence-electron chi connectivity index (χ4n) is 3.23. The maximum absolute atomic E-state index is 12.8. The van der Waals surface area contributed by atoms with Crippen molar-refractivity contribution in [2.75, 3.05) is 5.32 Å². The number of aryl methyl sites for hydroxylation is 1. The predicted molar refractivity (Wildman–Crippen MR) is 110 cm³/mol. The van der Waals surface area contributed by atoms with E-state index in [4.69, 9.17) is 0 Å². The summed E-state index contributed by atoms with van der Waals surface area (Å²) in [6.45, 7) is 0. The number of hydrogen-bond donors (Lipinski definition) is 1. The first kappa shape index (κ1) is 16.6. The second kappa shape index (κ2) is 6.81. The average molecular weight is 405 g/mol. The van der Waals surface area contributed by atoms with Gasteiger partial charge in [-0.05, 0) is 35.9 Å². The van der Waals surface area contributed by atoms with E-state index in [2.05, 4.69) is 45.5 Å². The molecule has 0 bridgehead atoms.